The van der Waals surface area contributed by atoms with E-state index in [4.69, 9.17) is 23.2 Å². The highest BCUT2D eigenvalue weighted by molar-refractivity contribution is 6.36. The van der Waals surface area contributed by atoms with Gasteiger partial charge in [-0.15, -0.1) is 0 Å². The van der Waals surface area contributed by atoms with Crippen molar-refractivity contribution in [3.63, 3.8) is 0 Å². The topological polar surface area (TPSA) is 32.3 Å². The lowest BCUT2D eigenvalue weighted by molar-refractivity contribution is 0.0941. The first-order chi connectivity index (χ1) is 11.8. The van der Waals surface area contributed by atoms with Crippen molar-refractivity contribution >= 4 is 29.1 Å². The lowest BCUT2D eigenvalue weighted by Gasteiger charge is -2.25. The Bertz CT molecular complexity index is 748. The predicted molar refractivity (Wildman–Crippen MR) is 101 cm³/mol. The number of amides is 1. The largest absolute Gasteiger partial charge is 0.350 e. The molecule has 0 fully saturated rings. The van der Waals surface area contributed by atoms with E-state index in [1.54, 1.807) is 0 Å². The number of likely N-dealkylation sites (N-methyl/N-ethyl adjacent to an activating group) is 1. The molecule has 25 heavy (non-hydrogen) atoms. The average molecular weight is 383 g/mol. The molecule has 0 spiro atoms. The van der Waals surface area contributed by atoms with Crippen molar-refractivity contribution in [3.8, 4) is 0 Å². The highest BCUT2D eigenvalue weighted by Crippen LogP contribution is 2.25. The monoisotopic (exact) mass is 382 g/mol. The van der Waals surface area contributed by atoms with Gasteiger partial charge in [0.05, 0.1) is 21.7 Å². The summed E-state index contributed by atoms with van der Waals surface area (Å²) in [5.74, 6) is -1.10. The molecule has 0 saturated heterocycles. The third kappa shape index (κ3) is 4.94. The molecule has 0 bridgehead atoms. The average Bonchev–Trinajstić information content (AvgIpc) is 2.58. The first-order valence-corrected chi connectivity index (χ1v) is 8.77. The fourth-order valence-corrected chi connectivity index (χ4v) is 3.02. The van der Waals surface area contributed by atoms with Gasteiger partial charge in [0.2, 0.25) is 0 Å². The van der Waals surface area contributed by atoms with Gasteiger partial charge in [0.1, 0.15) is 5.82 Å². The van der Waals surface area contributed by atoms with Gasteiger partial charge in [-0.1, -0.05) is 54.4 Å². The first-order valence-electron chi connectivity index (χ1n) is 8.01. The highest BCUT2D eigenvalue weighted by atomic mass is 35.5. The van der Waals surface area contributed by atoms with Crippen LogP contribution >= 0.6 is 23.2 Å². The van der Waals surface area contributed by atoms with Crippen LogP contribution in [0.5, 0.6) is 0 Å². The van der Waals surface area contributed by atoms with E-state index in [1.807, 2.05) is 19.0 Å². The molecule has 0 saturated carbocycles. The number of halogens is 3. The number of aryl methyl sites for hydroxylation is 1. The maximum Gasteiger partial charge on any atom is 0.252 e. The third-order valence-electron chi connectivity index (χ3n) is 4.11. The number of benzene rings is 2. The Morgan fingerprint density at radius 3 is 2.36 bits per heavy atom. The zero-order valence-corrected chi connectivity index (χ0v) is 16.0. The second-order valence-electron chi connectivity index (χ2n) is 6.03. The number of nitrogens with zero attached hydrogens (tertiary/aromatic N) is 1. The van der Waals surface area contributed by atoms with Gasteiger partial charge in [0.15, 0.2) is 0 Å². The number of hydrogen-bond acceptors (Lipinski definition) is 2. The maximum absolute atomic E-state index is 13.6. The number of hydrogen-bond donors (Lipinski definition) is 1. The molecule has 0 aliphatic carbocycles. The van der Waals surface area contributed by atoms with Crippen LogP contribution in [0.4, 0.5) is 4.39 Å². The highest BCUT2D eigenvalue weighted by Gasteiger charge is 2.18. The minimum Gasteiger partial charge on any atom is -0.350 e. The van der Waals surface area contributed by atoms with Gasteiger partial charge >= 0.3 is 0 Å². The van der Waals surface area contributed by atoms with E-state index in [-0.39, 0.29) is 21.7 Å². The Balaban J connectivity index is 2.13. The lowest BCUT2D eigenvalue weighted by atomic mass is 10.0. The zero-order chi connectivity index (χ0) is 18.6. The van der Waals surface area contributed by atoms with E-state index in [9.17, 15) is 9.18 Å². The summed E-state index contributed by atoms with van der Waals surface area (Å²) in [5, 5.41) is 2.84. The summed E-state index contributed by atoms with van der Waals surface area (Å²) in [6.45, 7) is 2.48. The lowest BCUT2D eigenvalue weighted by Crippen LogP contribution is -2.34. The van der Waals surface area contributed by atoms with Crippen LogP contribution < -0.4 is 5.32 Å². The van der Waals surface area contributed by atoms with Crippen LogP contribution in [0.1, 0.15) is 34.5 Å². The molecular formula is C19H21Cl2FN2O. The van der Waals surface area contributed by atoms with Crippen LogP contribution in [0.15, 0.2) is 36.4 Å². The molecule has 1 amide bonds. The second-order valence-corrected chi connectivity index (χ2v) is 6.85. The summed E-state index contributed by atoms with van der Waals surface area (Å²) in [7, 11) is 3.89. The van der Waals surface area contributed by atoms with E-state index >= 15 is 0 Å². The molecule has 2 aromatic rings. The normalized spacial score (nSPS) is 12.3. The van der Waals surface area contributed by atoms with E-state index in [2.05, 4.69) is 36.5 Å². The van der Waals surface area contributed by atoms with Crippen molar-refractivity contribution in [1.29, 1.82) is 0 Å². The minimum absolute atomic E-state index is 0.00854. The van der Waals surface area contributed by atoms with Crippen molar-refractivity contribution in [2.24, 2.45) is 0 Å². The molecular weight excluding hydrogens is 362 g/mol. The maximum atomic E-state index is 13.6. The summed E-state index contributed by atoms with van der Waals surface area (Å²) in [5.41, 5.74) is 2.42. The van der Waals surface area contributed by atoms with Crippen LogP contribution in [-0.4, -0.2) is 31.4 Å². The van der Waals surface area contributed by atoms with Crippen LogP contribution in [0.2, 0.25) is 10.0 Å². The predicted octanol–water partition coefficient (Wildman–Crippen LogP) is 4.73. The van der Waals surface area contributed by atoms with Gasteiger partial charge in [-0.2, -0.15) is 0 Å². The van der Waals surface area contributed by atoms with Gasteiger partial charge in [-0.05, 0) is 43.8 Å². The van der Waals surface area contributed by atoms with Crippen LogP contribution in [0, 0.1) is 5.82 Å². The van der Waals surface area contributed by atoms with Gasteiger partial charge in [0.25, 0.3) is 5.91 Å². The van der Waals surface area contributed by atoms with Crippen molar-refractivity contribution < 1.29 is 9.18 Å². The Morgan fingerprint density at radius 1 is 1.16 bits per heavy atom. The summed E-state index contributed by atoms with van der Waals surface area (Å²) in [6.07, 6.45) is 0.976. The van der Waals surface area contributed by atoms with Crippen LogP contribution in [-0.2, 0) is 6.42 Å². The van der Waals surface area contributed by atoms with Gasteiger partial charge in [-0.3, -0.25) is 4.79 Å². The smallest absolute Gasteiger partial charge is 0.252 e. The third-order valence-corrected chi connectivity index (χ3v) is 4.71. The summed E-state index contributed by atoms with van der Waals surface area (Å²) in [4.78, 5) is 14.4. The molecule has 1 atom stereocenters. The van der Waals surface area contributed by atoms with E-state index in [0.717, 1.165) is 18.1 Å². The second kappa shape index (κ2) is 8.65. The fourth-order valence-electron chi connectivity index (χ4n) is 2.56. The van der Waals surface area contributed by atoms with E-state index in [0.29, 0.717) is 6.54 Å². The molecule has 3 nitrogen and oxygen atoms in total. The molecule has 0 heterocycles. The van der Waals surface area contributed by atoms with E-state index < -0.39 is 11.7 Å². The molecule has 1 unspecified atom stereocenters. The van der Waals surface area contributed by atoms with E-state index in [1.165, 1.54) is 11.6 Å². The number of nitrogens with one attached hydrogen (secondary N) is 1. The SMILES string of the molecule is CCc1ccc(C(CNC(=O)c2cc(F)c(Cl)cc2Cl)N(C)C)cc1. The molecule has 134 valence electrons. The molecule has 2 aromatic carbocycles. The Kier molecular flexibility index (Phi) is 6.82. The quantitative estimate of drug-likeness (QED) is 0.732. The Labute approximate surface area is 157 Å². The number of rotatable bonds is 6. The molecule has 0 radical (unpaired) electrons. The molecule has 0 aromatic heterocycles. The molecule has 0 aliphatic heterocycles. The first kappa shape index (κ1) is 19.7. The van der Waals surface area contributed by atoms with Crippen LogP contribution in [0.3, 0.4) is 0 Å². The molecule has 1 N–H and O–H groups in total. The Morgan fingerprint density at radius 2 is 1.80 bits per heavy atom. The van der Waals surface area contributed by atoms with Crippen molar-refractivity contribution in [2.75, 3.05) is 20.6 Å². The fraction of sp³-hybridized carbons (Fsp3) is 0.316. The van der Waals surface area contributed by atoms with Crippen LogP contribution in [0.25, 0.3) is 0 Å². The summed E-state index contributed by atoms with van der Waals surface area (Å²) >= 11 is 11.7. The van der Waals surface area contributed by atoms with Crippen molar-refractivity contribution in [3.05, 3.63) is 69.0 Å². The standard InChI is InChI=1S/C19H21Cl2FN2O/c1-4-12-5-7-13(8-6-12)18(24(2)3)11-23-19(25)14-9-17(22)16(21)10-15(14)20/h5-10,18H,4,11H2,1-3H3,(H,23,25). The zero-order valence-electron chi connectivity index (χ0n) is 14.4. The van der Waals surface area contributed by atoms with Crippen molar-refractivity contribution in [2.45, 2.75) is 19.4 Å². The number of carbonyl (C=O) groups is 1. The Hall–Kier alpha value is -1.62. The van der Waals surface area contributed by atoms with Gasteiger partial charge < -0.3 is 10.2 Å². The minimum atomic E-state index is -0.671. The van der Waals surface area contributed by atoms with Crippen molar-refractivity contribution in [1.82, 2.24) is 10.2 Å². The number of carbonyl (C=O) groups excluding carboxylic acids is 1. The van der Waals surface area contributed by atoms with Gasteiger partial charge in [-0.25, -0.2) is 4.39 Å². The summed E-state index contributed by atoms with van der Waals surface area (Å²) < 4.78 is 13.6. The molecule has 6 heteroatoms. The molecule has 0 aliphatic rings. The molecule has 2 rings (SSSR count). The summed E-state index contributed by atoms with van der Waals surface area (Å²) in [6, 6.07) is 10.6. The van der Waals surface area contributed by atoms with Gasteiger partial charge in [0, 0.05) is 6.54 Å².